The van der Waals surface area contributed by atoms with Gasteiger partial charge in [-0.2, -0.15) is 0 Å². The molecule has 0 amide bonds. The van der Waals surface area contributed by atoms with E-state index >= 15 is 0 Å². The van der Waals surface area contributed by atoms with Gasteiger partial charge >= 0.3 is 0 Å². The minimum absolute atomic E-state index is 0.0408. The molecule has 0 bridgehead atoms. The maximum atomic E-state index is 11.9. The van der Waals surface area contributed by atoms with Crippen molar-refractivity contribution < 1.29 is 28.5 Å². The molecular weight excluding hydrogens is 396 g/mol. The van der Waals surface area contributed by atoms with Crippen LogP contribution in [0.3, 0.4) is 0 Å². The number of hydrogen-bond donors (Lipinski definition) is 0. The van der Waals surface area contributed by atoms with Crippen molar-refractivity contribution >= 4 is 23.7 Å². The van der Waals surface area contributed by atoms with Gasteiger partial charge in [0, 0.05) is 18.6 Å². The second-order valence-electron chi connectivity index (χ2n) is 6.39. The Morgan fingerprint density at radius 2 is 1.90 bits per heavy atom. The molecule has 0 spiro atoms. The first-order valence-corrected chi connectivity index (χ1v) is 9.42. The van der Waals surface area contributed by atoms with Gasteiger partial charge in [-0.1, -0.05) is 41.9 Å². The maximum Gasteiger partial charge on any atom is 0.159 e. The molecule has 2 aromatic carbocycles. The van der Waals surface area contributed by atoms with Gasteiger partial charge in [0.25, 0.3) is 0 Å². The summed E-state index contributed by atoms with van der Waals surface area (Å²) in [6, 6.07) is 11.1. The molecule has 6 nitrogen and oxygen atoms in total. The van der Waals surface area contributed by atoms with E-state index in [1.165, 1.54) is 20.3 Å². The quantitative estimate of drug-likeness (QED) is 0.595. The molecule has 0 unspecified atom stereocenters. The van der Waals surface area contributed by atoms with Crippen molar-refractivity contribution in [2.24, 2.45) is 0 Å². The van der Waals surface area contributed by atoms with Crippen molar-refractivity contribution in [3.63, 3.8) is 0 Å². The molecule has 0 heterocycles. The van der Waals surface area contributed by atoms with Crippen LogP contribution in [-0.4, -0.2) is 32.4 Å². The monoisotopic (exact) mass is 416 g/mol. The van der Waals surface area contributed by atoms with Gasteiger partial charge in [0.15, 0.2) is 23.9 Å². The van der Waals surface area contributed by atoms with E-state index in [1.807, 2.05) is 30.3 Å². The molecule has 2 aromatic rings. The second kappa shape index (κ2) is 9.47. The van der Waals surface area contributed by atoms with E-state index in [0.29, 0.717) is 30.6 Å². The summed E-state index contributed by atoms with van der Waals surface area (Å²) in [5, 5.41) is 0.147. The van der Waals surface area contributed by atoms with E-state index in [0.717, 1.165) is 5.56 Å². The first-order chi connectivity index (χ1) is 14.1. The first-order valence-electron chi connectivity index (χ1n) is 9.04. The van der Waals surface area contributed by atoms with Gasteiger partial charge < -0.3 is 18.9 Å². The highest BCUT2D eigenvalue weighted by molar-refractivity contribution is 6.34. The van der Waals surface area contributed by atoms with Crippen molar-refractivity contribution in [3.05, 3.63) is 64.4 Å². The smallest absolute Gasteiger partial charge is 0.159 e. The molecule has 1 aliphatic carbocycles. The highest BCUT2D eigenvalue weighted by Crippen LogP contribution is 2.43. The number of aldehydes is 1. The summed E-state index contributed by atoms with van der Waals surface area (Å²) in [4.78, 5) is 23.6. The third-order valence-electron chi connectivity index (χ3n) is 4.53. The van der Waals surface area contributed by atoms with Crippen LogP contribution in [-0.2, 0) is 16.1 Å². The number of benzene rings is 2. The third-order valence-corrected chi connectivity index (χ3v) is 4.89. The molecule has 1 atom stereocenters. The Morgan fingerprint density at radius 3 is 2.55 bits per heavy atom. The fourth-order valence-corrected chi connectivity index (χ4v) is 3.30. The predicted molar refractivity (Wildman–Crippen MR) is 108 cm³/mol. The summed E-state index contributed by atoms with van der Waals surface area (Å²) in [5.74, 6) is 1.07. The minimum Gasteiger partial charge on any atom is -0.497 e. The summed E-state index contributed by atoms with van der Waals surface area (Å²) in [7, 11) is 2.93. The Labute approximate surface area is 174 Å². The zero-order chi connectivity index (χ0) is 20.8. The normalized spacial score (nSPS) is 16.0. The van der Waals surface area contributed by atoms with Gasteiger partial charge in [-0.15, -0.1) is 0 Å². The topological polar surface area (TPSA) is 71.1 Å². The van der Waals surface area contributed by atoms with Crippen LogP contribution in [0.5, 0.6) is 17.2 Å². The number of rotatable bonds is 8. The van der Waals surface area contributed by atoms with Crippen molar-refractivity contribution in [3.8, 4) is 17.2 Å². The Morgan fingerprint density at radius 1 is 1.14 bits per heavy atom. The molecule has 3 rings (SSSR count). The average Bonchev–Trinajstić information content (AvgIpc) is 2.75. The van der Waals surface area contributed by atoms with Crippen molar-refractivity contribution in [1.82, 2.24) is 0 Å². The maximum absolute atomic E-state index is 11.9. The van der Waals surface area contributed by atoms with E-state index in [2.05, 4.69) is 0 Å². The number of ketones is 1. The van der Waals surface area contributed by atoms with E-state index in [1.54, 1.807) is 6.07 Å². The summed E-state index contributed by atoms with van der Waals surface area (Å²) >= 11 is 6.43. The van der Waals surface area contributed by atoms with Gasteiger partial charge in [0.05, 0.1) is 14.2 Å². The summed E-state index contributed by atoms with van der Waals surface area (Å²) < 4.78 is 22.5. The number of halogens is 1. The number of hydrogen-bond acceptors (Lipinski definition) is 6. The molecule has 0 N–H and O–H groups in total. The number of carbonyl (C=O) groups is 2. The lowest BCUT2D eigenvalue weighted by molar-refractivity contribution is -0.116. The van der Waals surface area contributed by atoms with Crippen LogP contribution in [0.4, 0.5) is 0 Å². The van der Waals surface area contributed by atoms with E-state index in [-0.39, 0.29) is 34.5 Å². The molecule has 1 aliphatic rings. The standard InChI is InChI=1S/C22H21ClO6/c1-26-19-10-15(25)8-9-17(19)29-22-16(12-24)18(11-20(27-2)21(22)23)28-13-14-6-4-3-5-7-14/h3-7,10-12,17H,8-9,13H2,1-2H3/t17-/m0/s1. The molecule has 0 aliphatic heterocycles. The lowest BCUT2D eigenvalue weighted by atomic mass is 10.0. The number of carbonyl (C=O) groups excluding carboxylic acids is 2. The SMILES string of the molecule is COC1=CC(=O)CC[C@@H]1Oc1c(Cl)c(OC)cc(OCc2ccccc2)c1C=O. The van der Waals surface area contributed by atoms with Crippen LogP contribution in [0.15, 0.2) is 48.2 Å². The molecule has 152 valence electrons. The second-order valence-corrected chi connectivity index (χ2v) is 6.77. The molecule has 0 saturated carbocycles. The van der Waals surface area contributed by atoms with Gasteiger partial charge in [-0.05, 0) is 12.0 Å². The molecule has 0 fully saturated rings. The summed E-state index contributed by atoms with van der Waals surface area (Å²) in [6.45, 7) is 0.257. The fourth-order valence-electron chi connectivity index (χ4n) is 3.02. The van der Waals surface area contributed by atoms with Gasteiger partial charge in [0.1, 0.15) is 34.5 Å². The van der Waals surface area contributed by atoms with Crippen LogP contribution in [0, 0.1) is 0 Å². The Balaban J connectivity index is 1.95. The predicted octanol–water partition coefficient (Wildman–Crippen LogP) is 4.38. The number of methoxy groups -OCH3 is 2. The average molecular weight is 417 g/mol. The molecule has 0 saturated heterocycles. The Kier molecular flexibility index (Phi) is 6.77. The molecular formula is C22H21ClO6. The van der Waals surface area contributed by atoms with E-state index in [4.69, 9.17) is 30.5 Å². The van der Waals surface area contributed by atoms with E-state index < -0.39 is 6.10 Å². The molecule has 7 heteroatoms. The largest absolute Gasteiger partial charge is 0.497 e. The number of allylic oxidation sites excluding steroid dienone is 1. The van der Waals surface area contributed by atoms with E-state index in [9.17, 15) is 9.59 Å². The minimum atomic E-state index is -0.553. The molecule has 0 aromatic heterocycles. The van der Waals surface area contributed by atoms with Crippen LogP contribution in [0.1, 0.15) is 28.8 Å². The zero-order valence-corrected chi connectivity index (χ0v) is 16.9. The van der Waals surface area contributed by atoms with Crippen LogP contribution in [0.2, 0.25) is 5.02 Å². The third kappa shape index (κ3) is 4.71. The fraction of sp³-hybridized carbons (Fsp3) is 0.273. The number of ether oxygens (including phenoxy) is 4. The lowest BCUT2D eigenvalue weighted by Crippen LogP contribution is -2.26. The Bertz CT molecular complexity index is 923. The summed E-state index contributed by atoms with van der Waals surface area (Å²) in [6.07, 6.45) is 2.20. The Hall–Kier alpha value is -2.99. The highest BCUT2D eigenvalue weighted by Gasteiger charge is 2.28. The van der Waals surface area contributed by atoms with Gasteiger partial charge in [0.2, 0.25) is 0 Å². The van der Waals surface area contributed by atoms with Crippen molar-refractivity contribution in [2.75, 3.05) is 14.2 Å². The van der Waals surface area contributed by atoms with Crippen LogP contribution >= 0.6 is 11.6 Å². The van der Waals surface area contributed by atoms with Crippen molar-refractivity contribution in [1.29, 1.82) is 0 Å². The molecule has 29 heavy (non-hydrogen) atoms. The van der Waals surface area contributed by atoms with Gasteiger partial charge in [-0.25, -0.2) is 0 Å². The van der Waals surface area contributed by atoms with Crippen molar-refractivity contribution in [2.45, 2.75) is 25.6 Å². The first kappa shape index (κ1) is 20.7. The van der Waals surface area contributed by atoms with Crippen LogP contribution < -0.4 is 14.2 Å². The zero-order valence-electron chi connectivity index (χ0n) is 16.1. The van der Waals surface area contributed by atoms with Crippen LogP contribution in [0.25, 0.3) is 0 Å². The summed E-state index contributed by atoms with van der Waals surface area (Å²) in [5.41, 5.74) is 1.11. The lowest BCUT2D eigenvalue weighted by Gasteiger charge is -2.25. The highest BCUT2D eigenvalue weighted by atomic mass is 35.5. The molecule has 0 radical (unpaired) electrons. The van der Waals surface area contributed by atoms with Gasteiger partial charge in [-0.3, -0.25) is 9.59 Å².